The van der Waals surface area contributed by atoms with Gasteiger partial charge in [-0.3, -0.25) is 9.79 Å². The van der Waals surface area contributed by atoms with Gasteiger partial charge in [-0.15, -0.1) is 24.0 Å². The molecule has 1 saturated heterocycles. The Morgan fingerprint density at radius 1 is 1.11 bits per heavy atom. The van der Waals surface area contributed by atoms with Crippen LogP contribution in [-0.4, -0.2) is 60.5 Å². The minimum Gasteiger partial charge on any atom is -0.357 e. The summed E-state index contributed by atoms with van der Waals surface area (Å²) in [5.74, 6) is 4.81. The number of nitrogens with one attached hydrogen (secondary N) is 2. The van der Waals surface area contributed by atoms with Crippen LogP contribution < -0.4 is 10.6 Å². The summed E-state index contributed by atoms with van der Waals surface area (Å²) in [6.45, 7) is 5.83. The molecule has 0 aromatic rings. The van der Waals surface area contributed by atoms with E-state index in [0.717, 1.165) is 75.2 Å². The normalized spacial score (nSPS) is 26.3. The molecule has 7 heteroatoms. The molecule has 0 aromatic carbocycles. The SMILES string of the molecule is CCNC(=NCCCC1CC1)NC1CCC(C(=O)N2CCSCC2)CC1.I. The van der Waals surface area contributed by atoms with E-state index in [4.69, 9.17) is 4.99 Å². The lowest BCUT2D eigenvalue weighted by Crippen LogP contribution is -2.47. The molecule has 1 aliphatic heterocycles. The number of hydrogen-bond donors (Lipinski definition) is 2. The maximum Gasteiger partial charge on any atom is 0.225 e. The van der Waals surface area contributed by atoms with E-state index in [1.54, 1.807) is 0 Å². The molecule has 3 aliphatic rings. The van der Waals surface area contributed by atoms with Crippen molar-refractivity contribution in [2.75, 3.05) is 37.7 Å². The summed E-state index contributed by atoms with van der Waals surface area (Å²) in [6.07, 6.45) is 9.58. The first-order chi connectivity index (χ1) is 12.8. The highest BCUT2D eigenvalue weighted by Crippen LogP contribution is 2.33. The van der Waals surface area contributed by atoms with Gasteiger partial charge in [0.25, 0.3) is 0 Å². The molecule has 0 aromatic heterocycles. The molecule has 1 amide bonds. The van der Waals surface area contributed by atoms with Crippen LogP contribution in [0.1, 0.15) is 58.3 Å². The molecule has 0 bridgehead atoms. The van der Waals surface area contributed by atoms with Crippen LogP contribution in [0, 0.1) is 11.8 Å². The van der Waals surface area contributed by atoms with Crippen molar-refractivity contribution in [3.8, 4) is 0 Å². The van der Waals surface area contributed by atoms with Crippen LogP contribution in [0.15, 0.2) is 4.99 Å². The first kappa shape index (κ1) is 23.1. The molecule has 156 valence electrons. The van der Waals surface area contributed by atoms with Crippen molar-refractivity contribution in [3.63, 3.8) is 0 Å². The molecule has 5 nitrogen and oxygen atoms in total. The van der Waals surface area contributed by atoms with E-state index in [1.165, 1.54) is 25.7 Å². The summed E-state index contributed by atoms with van der Waals surface area (Å²) >= 11 is 1.96. The molecule has 3 fully saturated rings. The molecule has 1 heterocycles. The second-order valence-corrected chi connectivity index (χ2v) is 9.20. The molecule has 3 rings (SSSR count). The van der Waals surface area contributed by atoms with Gasteiger partial charge in [-0.25, -0.2) is 0 Å². The third kappa shape index (κ3) is 7.99. The second-order valence-electron chi connectivity index (χ2n) is 7.98. The Morgan fingerprint density at radius 3 is 2.44 bits per heavy atom. The molecule has 0 atom stereocenters. The van der Waals surface area contributed by atoms with E-state index in [1.807, 2.05) is 11.8 Å². The molecule has 2 aliphatic carbocycles. The number of carbonyl (C=O) groups is 1. The van der Waals surface area contributed by atoms with Gasteiger partial charge >= 0.3 is 0 Å². The van der Waals surface area contributed by atoms with Gasteiger partial charge in [-0.2, -0.15) is 11.8 Å². The third-order valence-corrected chi connectivity index (χ3v) is 6.76. The van der Waals surface area contributed by atoms with E-state index in [2.05, 4.69) is 22.5 Å². The van der Waals surface area contributed by atoms with E-state index in [-0.39, 0.29) is 29.9 Å². The Balaban J connectivity index is 0.00000261. The summed E-state index contributed by atoms with van der Waals surface area (Å²) in [5.41, 5.74) is 0. The molecular formula is C20H37IN4OS. The van der Waals surface area contributed by atoms with Crippen LogP contribution in [0.5, 0.6) is 0 Å². The summed E-state index contributed by atoms with van der Waals surface area (Å²) < 4.78 is 0. The molecule has 27 heavy (non-hydrogen) atoms. The predicted molar refractivity (Wildman–Crippen MR) is 126 cm³/mol. The number of thioether (sulfide) groups is 1. The lowest BCUT2D eigenvalue weighted by Gasteiger charge is -2.34. The van der Waals surface area contributed by atoms with Gasteiger partial charge in [0.1, 0.15) is 0 Å². The van der Waals surface area contributed by atoms with Gasteiger partial charge in [0.2, 0.25) is 5.91 Å². The van der Waals surface area contributed by atoms with Crippen molar-refractivity contribution in [3.05, 3.63) is 0 Å². The summed E-state index contributed by atoms with van der Waals surface area (Å²) in [4.78, 5) is 19.5. The Morgan fingerprint density at radius 2 is 1.81 bits per heavy atom. The minimum atomic E-state index is 0. The van der Waals surface area contributed by atoms with Gasteiger partial charge in [0, 0.05) is 49.6 Å². The Kier molecular flexibility index (Phi) is 10.6. The van der Waals surface area contributed by atoms with Gasteiger partial charge in [0.15, 0.2) is 5.96 Å². The number of hydrogen-bond acceptors (Lipinski definition) is 3. The number of amides is 1. The van der Waals surface area contributed by atoms with E-state index in [0.29, 0.717) is 11.9 Å². The Bertz CT molecular complexity index is 473. The Labute approximate surface area is 186 Å². The molecule has 0 spiro atoms. The first-order valence-corrected chi connectivity index (χ1v) is 11.8. The summed E-state index contributed by atoms with van der Waals surface area (Å²) in [7, 11) is 0. The monoisotopic (exact) mass is 508 g/mol. The highest BCUT2D eigenvalue weighted by atomic mass is 127. The molecule has 2 N–H and O–H groups in total. The molecule has 0 unspecified atom stereocenters. The van der Waals surface area contributed by atoms with Gasteiger partial charge in [0.05, 0.1) is 0 Å². The second kappa shape index (κ2) is 12.4. The maximum atomic E-state index is 12.7. The van der Waals surface area contributed by atoms with Crippen molar-refractivity contribution < 1.29 is 4.79 Å². The van der Waals surface area contributed by atoms with Crippen LogP contribution in [0.4, 0.5) is 0 Å². The molecule has 2 saturated carbocycles. The Hall–Kier alpha value is -0.180. The fraction of sp³-hybridized carbons (Fsp3) is 0.900. The van der Waals surface area contributed by atoms with Crippen molar-refractivity contribution in [1.82, 2.24) is 15.5 Å². The van der Waals surface area contributed by atoms with Gasteiger partial charge in [-0.05, 0) is 51.4 Å². The van der Waals surface area contributed by atoms with E-state index in [9.17, 15) is 4.79 Å². The zero-order valence-electron chi connectivity index (χ0n) is 16.8. The van der Waals surface area contributed by atoms with Gasteiger partial charge in [-0.1, -0.05) is 12.8 Å². The first-order valence-electron chi connectivity index (χ1n) is 10.7. The van der Waals surface area contributed by atoms with Crippen molar-refractivity contribution in [1.29, 1.82) is 0 Å². The molecule has 0 radical (unpaired) electrons. The highest BCUT2D eigenvalue weighted by Gasteiger charge is 2.30. The number of rotatable bonds is 7. The zero-order chi connectivity index (χ0) is 18.2. The van der Waals surface area contributed by atoms with Crippen LogP contribution in [0.2, 0.25) is 0 Å². The third-order valence-electron chi connectivity index (χ3n) is 5.82. The lowest BCUT2D eigenvalue weighted by molar-refractivity contribution is -0.136. The standard InChI is InChI=1S/C20H36N4OS.HI/c1-2-21-20(22-11-3-4-16-5-6-16)23-18-9-7-17(8-10-18)19(25)24-12-14-26-15-13-24;/h16-18H,2-15H2,1H3,(H2,21,22,23);1H. The van der Waals surface area contributed by atoms with Crippen LogP contribution >= 0.6 is 35.7 Å². The topological polar surface area (TPSA) is 56.7 Å². The number of guanidine groups is 1. The van der Waals surface area contributed by atoms with Crippen molar-refractivity contribution in [2.45, 2.75) is 64.3 Å². The number of nitrogens with zero attached hydrogens (tertiary/aromatic N) is 2. The minimum absolute atomic E-state index is 0. The zero-order valence-corrected chi connectivity index (χ0v) is 19.9. The fourth-order valence-corrected chi connectivity index (χ4v) is 4.92. The fourth-order valence-electron chi connectivity index (χ4n) is 4.02. The van der Waals surface area contributed by atoms with E-state index >= 15 is 0 Å². The maximum absolute atomic E-state index is 12.7. The number of aliphatic imine (C=N–C) groups is 1. The van der Waals surface area contributed by atoms with Gasteiger partial charge < -0.3 is 15.5 Å². The molecular weight excluding hydrogens is 471 g/mol. The van der Waals surface area contributed by atoms with Crippen molar-refractivity contribution >= 4 is 47.6 Å². The number of halogens is 1. The van der Waals surface area contributed by atoms with Crippen LogP contribution in [0.3, 0.4) is 0 Å². The number of carbonyl (C=O) groups excluding carboxylic acids is 1. The summed E-state index contributed by atoms with van der Waals surface area (Å²) in [5, 5.41) is 6.99. The highest BCUT2D eigenvalue weighted by molar-refractivity contribution is 14.0. The smallest absolute Gasteiger partial charge is 0.225 e. The van der Waals surface area contributed by atoms with Crippen LogP contribution in [-0.2, 0) is 4.79 Å². The summed E-state index contributed by atoms with van der Waals surface area (Å²) in [6, 6.07) is 0.456. The predicted octanol–water partition coefficient (Wildman–Crippen LogP) is 3.48. The quantitative estimate of drug-likeness (QED) is 0.239. The average molecular weight is 509 g/mol. The van der Waals surface area contributed by atoms with Crippen LogP contribution in [0.25, 0.3) is 0 Å². The largest absolute Gasteiger partial charge is 0.357 e. The lowest BCUT2D eigenvalue weighted by atomic mass is 9.85. The van der Waals surface area contributed by atoms with E-state index < -0.39 is 0 Å². The van der Waals surface area contributed by atoms with Crippen molar-refractivity contribution in [2.24, 2.45) is 16.8 Å². The average Bonchev–Trinajstić information content (AvgIpc) is 3.50.